The van der Waals surface area contributed by atoms with Crippen LogP contribution < -0.4 is 0 Å². The van der Waals surface area contributed by atoms with Gasteiger partial charge in [-0.2, -0.15) is 8.42 Å². The van der Waals surface area contributed by atoms with Gasteiger partial charge >= 0.3 is 16.4 Å². The Morgan fingerprint density at radius 2 is 1.60 bits per heavy atom. The molecule has 13 atom stereocenters. The molecular formula is C21H34O18S. The second-order valence-corrected chi connectivity index (χ2v) is 10.6. The minimum Gasteiger partial charge on any atom is -0.475 e. The lowest BCUT2D eigenvalue weighted by Crippen LogP contribution is -2.59. The third-order valence-electron chi connectivity index (χ3n) is 6.84. The predicted octanol–water partition coefficient (Wildman–Crippen LogP) is -4.93. The van der Waals surface area contributed by atoms with Gasteiger partial charge in [0.2, 0.25) is 12.0 Å². The maximum atomic E-state index is 11.2. The zero-order chi connectivity index (χ0) is 29.9. The molecule has 232 valence electrons. The Balaban J connectivity index is 1.67. The fourth-order valence-electron chi connectivity index (χ4n) is 4.62. The summed E-state index contributed by atoms with van der Waals surface area (Å²) < 4.78 is 62.2. The molecule has 40 heavy (non-hydrogen) atoms. The molecule has 9 N–H and O–H groups in total. The molecule has 2 fully saturated rings. The van der Waals surface area contributed by atoms with Crippen LogP contribution in [0.25, 0.3) is 0 Å². The summed E-state index contributed by atoms with van der Waals surface area (Å²) >= 11 is 0. The fourth-order valence-corrected chi connectivity index (χ4v) is 5.13. The summed E-state index contributed by atoms with van der Waals surface area (Å²) in [6.45, 7) is -0.714. The van der Waals surface area contributed by atoms with Gasteiger partial charge in [0, 0.05) is 11.8 Å². The summed E-state index contributed by atoms with van der Waals surface area (Å²) in [6.07, 6.45) is -16.1. The smallest absolute Gasteiger partial charge is 0.397 e. The van der Waals surface area contributed by atoms with Crippen LogP contribution >= 0.6 is 0 Å². The maximum absolute atomic E-state index is 11.2. The summed E-state index contributed by atoms with van der Waals surface area (Å²) in [7, 11) is -5.04. The lowest BCUT2D eigenvalue weighted by atomic mass is 9.83. The first kappa shape index (κ1) is 32.9. The van der Waals surface area contributed by atoms with Gasteiger partial charge in [-0.3, -0.25) is 4.55 Å². The van der Waals surface area contributed by atoms with E-state index in [1.165, 1.54) is 6.92 Å². The molecule has 0 aromatic rings. The van der Waals surface area contributed by atoms with Gasteiger partial charge in [0.05, 0.1) is 38.6 Å². The molecule has 0 radical (unpaired) electrons. The van der Waals surface area contributed by atoms with E-state index in [-0.39, 0.29) is 0 Å². The Hall–Kier alpha value is -1.56. The summed E-state index contributed by atoms with van der Waals surface area (Å²) in [5, 5.41) is 80.4. The number of aliphatic hydroxyl groups excluding tert-OH is 7. The largest absolute Gasteiger partial charge is 0.475 e. The van der Waals surface area contributed by atoms with Crippen molar-refractivity contribution in [1.29, 1.82) is 0 Å². The highest BCUT2D eigenvalue weighted by molar-refractivity contribution is 7.80. The lowest BCUT2D eigenvalue weighted by Gasteiger charge is -2.44. The molecular weight excluding hydrogens is 572 g/mol. The van der Waals surface area contributed by atoms with E-state index in [1.54, 1.807) is 0 Å². The number of carboxylic acid groups (broad SMARTS) is 1. The van der Waals surface area contributed by atoms with Gasteiger partial charge in [-0.05, 0) is 13.0 Å². The lowest BCUT2D eigenvalue weighted by molar-refractivity contribution is -0.286. The number of aliphatic hydroxyl groups is 7. The molecule has 0 bridgehead atoms. The normalized spacial score (nSPS) is 42.6. The number of rotatable bonds is 11. The average molecular weight is 607 g/mol. The first-order valence-electron chi connectivity index (χ1n) is 12.1. The van der Waals surface area contributed by atoms with Crippen molar-refractivity contribution in [1.82, 2.24) is 0 Å². The molecule has 3 aliphatic rings. The summed E-state index contributed by atoms with van der Waals surface area (Å²) in [5.74, 6) is -4.40. The van der Waals surface area contributed by atoms with Crippen molar-refractivity contribution in [3.8, 4) is 0 Å². The predicted molar refractivity (Wildman–Crippen MR) is 123 cm³/mol. The zero-order valence-corrected chi connectivity index (χ0v) is 21.8. The van der Waals surface area contributed by atoms with Gasteiger partial charge in [0.1, 0.15) is 42.7 Å². The van der Waals surface area contributed by atoms with Crippen molar-refractivity contribution in [2.45, 2.75) is 74.4 Å². The second kappa shape index (κ2) is 13.6. The molecule has 0 amide bonds. The van der Waals surface area contributed by atoms with Gasteiger partial charge in [0.15, 0.2) is 6.29 Å². The topological polar surface area (TPSA) is 289 Å². The Labute approximate surface area is 227 Å². The number of aliphatic carboxylic acids is 1. The molecule has 0 saturated carbocycles. The molecule has 0 aromatic carbocycles. The van der Waals surface area contributed by atoms with Crippen molar-refractivity contribution in [2.24, 2.45) is 11.8 Å². The first-order valence-corrected chi connectivity index (χ1v) is 13.5. The zero-order valence-electron chi connectivity index (χ0n) is 21.0. The number of hydrogen-bond acceptors (Lipinski definition) is 16. The van der Waals surface area contributed by atoms with Crippen molar-refractivity contribution in [3.05, 3.63) is 11.8 Å². The summed E-state index contributed by atoms with van der Waals surface area (Å²) in [6, 6.07) is 0. The van der Waals surface area contributed by atoms with Crippen molar-refractivity contribution in [2.75, 3.05) is 26.4 Å². The van der Waals surface area contributed by atoms with Gasteiger partial charge in [-0.15, -0.1) is 0 Å². The van der Waals surface area contributed by atoms with Crippen LogP contribution in [0.5, 0.6) is 0 Å². The number of carboxylic acids is 1. The molecule has 3 aliphatic heterocycles. The maximum Gasteiger partial charge on any atom is 0.397 e. The van der Waals surface area contributed by atoms with Gasteiger partial charge < -0.3 is 64.5 Å². The van der Waals surface area contributed by atoms with Crippen molar-refractivity contribution >= 4 is 16.4 Å². The standard InChI is InChI=1S/C21H34O18S/c1-7-14(24)18(39-40(31,32)33)17(27)13(36-7)6-34-4-8-9(20(30)37-12(3-22)15(8)25)5-35-21-16(26)10(23)2-11(38-21)19(28)29/h2,7-10,12-18,20-27,30H,3-6H2,1H3,(H,28,29)(H,31,32,33)/t7?,8?,9?,10?,12?,13-,14+,15-,16?,17?,18?,20?,21+/m0/s1. The fraction of sp³-hybridized carbons (Fsp3) is 0.857. The van der Waals surface area contributed by atoms with Crippen LogP contribution in [-0.4, -0.2) is 154 Å². The van der Waals surface area contributed by atoms with Crippen LogP contribution in [0, 0.1) is 11.8 Å². The average Bonchev–Trinajstić information content (AvgIpc) is 2.87. The van der Waals surface area contributed by atoms with Gasteiger partial charge in [-0.25, -0.2) is 8.98 Å². The van der Waals surface area contributed by atoms with Crippen molar-refractivity contribution < 1.29 is 86.5 Å². The Bertz CT molecular complexity index is 990. The number of ether oxygens (including phenoxy) is 5. The highest BCUT2D eigenvalue weighted by Gasteiger charge is 2.48. The SMILES string of the molecule is CC1O[C@@H](COCC2C(CO[C@@H]3OC(C(=O)O)=CC(O)C3O)C(O)OC(CO)[C@H]2O)C(O)C(OS(=O)(=O)O)[C@@H]1O. The van der Waals surface area contributed by atoms with Crippen LogP contribution in [0.2, 0.25) is 0 Å². The Morgan fingerprint density at radius 3 is 2.20 bits per heavy atom. The van der Waals surface area contributed by atoms with Crippen molar-refractivity contribution in [3.63, 3.8) is 0 Å². The van der Waals surface area contributed by atoms with E-state index >= 15 is 0 Å². The molecule has 3 heterocycles. The van der Waals surface area contributed by atoms with Gasteiger partial charge in [-0.1, -0.05) is 0 Å². The van der Waals surface area contributed by atoms with Crippen LogP contribution in [0.1, 0.15) is 6.92 Å². The third kappa shape index (κ3) is 7.83. The Morgan fingerprint density at radius 1 is 0.925 bits per heavy atom. The molecule has 9 unspecified atom stereocenters. The van der Waals surface area contributed by atoms with E-state index in [4.69, 9.17) is 33.3 Å². The van der Waals surface area contributed by atoms with Gasteiger partial charge in [0.25, 0.3) is 0 Å². The Kier molecular flexibility index (Phi) is 11.2. The molecule has 0 aliphatic carbocycles. The first-order chi connectivity index (χ1) is 18.6. The van der Waals surface area contributed by atoms with E-state index in [2.05, 4.69) is 4.18 Å². The molecule has 19 heteroatoms. The van der Waals surface area contributed by atoms with Crippen LogP contribution in [0.3, 0.4) is 0 Å². The number of carbonyl (C=O) groups is 1. The summed E-state index contributed by atoms with van der Waals surface area (Å²) in [5.41, 5.74) is 0. The van der Waals surface area contributed by atoms with Crippen LogP contribution in [-0.2, 0) is 43.1 Å². The minimum absolute atomic E-state index is 0.392. The highest BCUT2D eigenvalue weighted by atomic mass is 32.3. The molecule has 0 spiro atoms. The third-order valence-corrected chi connectivity index (χ3v) is 7.30. The monoisotopic (exact) mass is 606 g/mol. The molecule has 0 aromatic heterocycles. The summed E-state index contributed by atoms with van der Waals surface area (Å²) in [4.78, 5) is 11.2. The van der Waals surface area contributed by atoms with E-state index in [9.17, 15) is 49.0 Å². The minimum atomic E-state index is -5.04. The highest BCUT2D eigenvalue weighted by Crippen LogP contribution is 2.33. The molecule has 3 rings (SSSR count). The van der Waals surface area contributed by atoms with E-state index < -0.39 is 128 Å². The molecule has 2 saturated heterocycles. The second-order valence-electron chi connectivity index (χ2n) is 9.59. The van der Waals surface area contributed by atoms with Crippen LogP contribution in [0.15, 0.2) is 11.8 Å². The number of hydrogen-bond donors (Lipinski definition) is 9. The van der Waals surface area contributed by atoms with E-state index in [1.807, 2.05) is 0 Å². The quantitative estimate of drug-likeness (QED) is 0.0995. The van der Waals surface area contributed by atoms with E-state index in [0.29, 0.717) is 0 Å². The van der Waals surface area contributed by atoms with E-state index in [0.717, 1.165) is 6.08 Å². The molecule has 18 nitrogen and oxygen atoms in total. The van der Waals surface area contributed by atoms with Crippen LogP contribution in [0.4, 0.5) is 0 Å².